The number of hydrogen-bond donors (Lipinski definition) is 0. The van der Waals surface area contributed by atoms with Gasteiger partial charge in [-0.15, -0.1) is 0 Å². The first kappa shape index (κ1) is 16.9. The SMILES string of the molecule is Cc1ccc2c(cnn2CCC(=O)N2CCN(S(C)(=O)=O)CC2)c1. The van der Waals surface area contributed by atoms with E-state index in [1.165, 1.54) is 16.1 Å². The third kappa shape index (κ3) is 3.59. The van der Waals surface area contributed by atoms with Gasteiger partial charge in [0.05, 0.1) is 24.5 Å². The fourth-order valence-corrected chi connectivity index (χ4v) is 3.84. The molecule has 1 saturated heterocycles. The van der Waals surface area contributed by atoms with Crippen LogP contribution in [0.15, 0.2) is 24.4 Å². The van der Waals surface area contributed by atoms with Crippen LogP contribution in [0.1, 0.15) is 12.0 Å². The Balaban J connectivity index is 1.58. The number of aryl methyl sites for hydroxylation is 2. The van der Waals surface area contributed by atoms with Crippen molar-refractivity contribution in [2.75, 3.05) is 32.4 Å². The number of aromatic nitrogens is 2. The number of sulfonamides is 1. The van der Waals surface area contributed by atoms with E-state index in [-0.39, 0.29) is 5.91 Å². The summed E-state index contributed by atoms with van der Waals surface area (Å²) in [6.45, 7) is 4.20. The quantitative estimate of drug-likeness (QED) is 0.819. The molecule has 0 radical (unpaired) electrons. The van der Waals surface area contributed by atoms with Crippen molar-refractivity contribution in [1.29, 1.82) is 0 Å². The molecular weight excluding hydrogens is 328 g/mol. The fraction of sp³-hybridized carbons (Fsp3) is 0.500. The van der Waals surface area contributed by atoms with Crippen LogP contribution < -0.4 is 0 Å². The van der Waals surface area contributed by atoms with E-state index in [1.807, 2.05) is 29.9 Å². The molecule has 0 saturated carbocycles. The van der Waals surface area contributed by atoms with Crippen molar-refractivity contribution in [3.05, 3.63) is 30.0 Å². The van der Waals surface area contributed by atoms with Crippen molar-refractivity contribution < 1.29 is 13.2 Å². The Morgan fingerprint density at radius 2 is 1.92 bits per heavy atom. The molecule has 0 bridgehead atoms. The van der Waals surface area contributed by atoms with E-state index in [0.717, 1.165) is 10.9 Å². The van der Waals surface area contributed by atoms with Crippen molar-refractivity contribution >= 4 is 26.8 Å². The minimum absolute atomic E-state index is 0.0407. The number of benzene rings is 1. The van der Waals surface area contributed by atoms with E-state index in [1.54, 1.807) is 4.90 Å². The van der Waals surface area contributed by atoms with Crippen LogP contribution in [0, 0.1) is 6.92 Å². The van der Waals surface area contributed by atoms with Gasteiger partial charge in [0.25, 0.3) is 0 Å². The van der Waals surface area contributed by atoms with Gasteiger partial charge < -0.3 is 4.90 Å². The number of rotatable bonds is 4. The summed E-state index contributed by atoms with van der Waals surface area (Å²) in [5, 5.41) is 5.43. The second-order valence-electron chi connectivity index (χ2n) is 6.22. The van der Waals surface area contributed by atoms with Crippen molar-refractivity contribution in [3.8, 4) is 0 Å². The van der Waals surface area contributed by atoms with Crippen LogP contribution in [0.3, 0.4) is 0 Å². The number of nitrogens with zero attached hydrogens (tertiary/aromatic N) is 4. The maximum atomic E-state index is 12.4. The van der Waals surface area contributed by atoms with Crippen molar-refractivity contribution in [1.82, 2.24) is 19.0 Å². The van der Waals surface area contributed by atoms with Crippen LogP contribution in [0.5, 0.6) is 0 Å². The zero-order chi connectivity index (χ0) is 17.3. The van der Waals surface area contributed by atoms with Gasteiger partial charge in [-0.2, -0.15) is 9.40 Å². The predicted molar refractivity (Wildman–Crippen MR) is 92.1 cm³/mol. The third-order valence-electron chi connectivity index (χ3n) is 4.40. The van der Waals surface area contributed by atoms with Crippen LogP contribution in [-0.4, -0.2) is 65.7 Å². The normalized spacial score (nSPS) is 16.7. The highest BCUT2D eigenvalue weighted by molar-refractivity contribution is 7.88. The number of piperazine rings is 1. The molecule has 1 fully saturated rings. The number of amides is 1. The molecule has 1 amide bonds. The van der Waals surface area contributed by atoms with Crippen LogP contribution >= 0.6 is 0 Å². The van der Waals surface area contributed by atoms with Crippen LogP contribution in [-0.2, 0) is 21.4 Å². The average Bonchev–Trinajstić information content (AvgIpc) is 2.94. The Morgan fingerprint density at radius 3 is 2.58 bits per heavy atom. The van der Waals surface area contributed by atoms with Gasteiger partial charge in [0.15, 0.2) is 0 Å². The zero-order valence-corrected chi connectivity index (χ0v) is 14.8. The molecule has 2 heterocycles. The zero-order valence-electron chi connectivity index (χ0n) is 14.0. The lowest BCUT2D eigenvalue weighted by molar-refractivity contribution is -0.132. The van der Waals surface area contributed by atoms with Crippen LogP contribution in [0.25, 0.3) is 10.9 Å². The van der Waals surface area contributed by atoms with Gasteiger partial charge in [0, 0.05) is 38.0 Å². The molecule has 0 aliphatic carbocycles. The largest absolute Gasteiger partial charge is 0.340 e. The Bertz CT molecular complexity index is 851. The summed E-state index contributed by atoms with van der Waals surface area (Å²) in [5.41, 5.74) is 2.21. The smallest absolute Gasteiger partial charge is 0.224 e. The molecule has 2 aromatic rings. The number of carbonyl (C=O) groups excluding carboxylic acids is 1. The Labute approximate surface area is 141 Å². The molecule has 8 heteroatoms. The minimum atomic E-state index is -3.17. The summed E-state index contributed by atoms with van der Waals surface area (Å²) in [7, 11) is -3.17. The lowest BCUT2D eigenvalue weighted by Gasteiger charge is -2.33. The highest BCUT2D eigenvalue weighted by Gasteiger charge is 2.25. The molecule has 7 nitrogen and oxygen atoms in total. The first-order valence-electron chi connectivity index (χ1n) is 8.00. The van der Waals surface area contributed by atoms with E-state index < -0.39 is 10.0 Å². The van der Waals surface area contributed by atoms with Crippen molar-refractivity contribution in [2.45, 2.75) is 19.9 Å². The van der Waals surface area contributed by atoms with E-state index in [4.69, 9.17) is 0 Å². The Hall–Kier alpha value is -1.93. The molecule has 24 heavy (non-hydrogen) atoms. The van der Waals surface area contributed by atoms with Gasteiger partial charge in [-0.3, -0.25) is 9.48 Å². The highest BCUT2D eigenvalue weighted by atomic mass is 32.2. The summed E-state index contributed by atoms with van der Waals surface area (Å²) in [5.74, 6) is 0.0407. The van der Waals surface area contributed by atoms with Gasteiger partial charge in [0.1, 0.15) is 0 Å². The van der Waals surface area contributed by atoms with E-state index >= 15 is 0 Å². The van der Waals surface area contributed by atoms with E-state index in [9.17, 15) is 13.2 Å². The topological polar surface area (TPSA) is 75.5 Å². The summed E-state index contributed by atoms with van der Waals surface area (Å²) < 4.78 is 26.3. The first-order valence-corrected chi connectivity index (χ1v) is 9.84. The maximum Gasteiger partial charge on any atom is 0.224 e. The Kier molecular flexibility index (Phi) is 4.60. The highest BCUT2D eigenvalue weighted by Crippen LogP contribution is 2.16. The summed E-state index contributed by atoms with van der Waals surface area (Å²) in [6.07, 6.45) is 3.39. The number of hydrogen-bond acceptors (Lipinski definition) is 4. The van der Waals surface area contributed by atoms with Gasteiger partial charge in [0.2, 0.25) is 15.9 Å². The summed E-state index contributed by atoms with van der Waals surface area (Å²) in [4.78, 5) is 14.1. The number of fused-ring (bicyclic) bond motifs is 1. The summed E-state index contributed by atoms with van der Waals surface area (Å²) >= 11 is 0. The van der Waals surface area contributed by atoms with Crippen molar-refractivity contribution in [3.63, 3.8) is 0 Å². The molecule has 0 spiro atoms. The maximum absolute atomic E-state index is 12.4. The first-order chi connectivity index (χ1) is 11.3. The molecule has 1 aliphatic heterocycles. The average molecular weight is 350 g/mol. The number of carbonyl (C=O) groups is 1. The van der Waals surface area contributed by atoms with Gasteiger partial charge in [-0.1, -0.05) is 11.6 Å². The van der Waals surface area contributed by atoms with Crippen molar-refractivity contribution in [2.24, 2.45) is 0 Å². The predicted octanol–water partition coefficient (Wildman–Crippen LogP) is 0.839. The van der Waals surface area contributed by atoms with Gasteiger partial charge in [-0.05, 0) is 19.1 Å². The lowest BCUT2D eigenvalue weighted by atomic mass is 10.2. The third-order valence-corrected chi connectivity index (χ3v) is 5.70. The molecular formula is C16H22N4O3S. The fourth-order valence-electron chi connectivity index (χ4n) is 3.01. The molecule has 1 aliphatic rings. The van der Waals surface area contributed by atoms with E-state index in [2.05, 4.69) is 11.2 Å². The molecule has 0 N–H and O–H groups in total. The molecule has 1 aromatic carbocycles. The second kappa shape index (κ2) is 6.52. The Morgan fingerprint density at radius 1 is 1.21 bits per heavy atom. The standard InChI is InChI=1S/C16H22N4O3S/c1-13-3-4-15-14(11-13)12-17-20(15)6-5-16(21)18-7-9-19(10-8-18)24(2,22)23/h3-4,11-12H,5-10H2,1-2H3. The monoisotopic (exact) mass is 350 g/mol. The lowest BCUT2D eigenvalue weighted by Crippen LogP contribution is -2.50. The molecule has 0 unspecified atom stereocenters. The molecule has 3 rings (SSSR count). The minimum Gasteiger partial charge on any atom is -0.340 e. The molecule has 0 atom stereocenters. The summed E-state index contributed by atoms with van der Waals surface area (Å²) in [6, 6.07) is 6.13. The second-order valence-corrected chi connectivity index (χ2v) is 8.21. The van der Waals surface area contributed by atoms with Gasteiger partial charge in [-0.25, -0.2) is 8.42 Å². The van der Waals surface area contributed by atoms with Gasteiger partial charge >= 0.3 is 0 Å². The molecule has 130 valence electrons. The van der Waals surface area contributed by atoms with E-state index in [0.29, 0.717) is 39.1 Å². The van der Waals surface area contributed by atoms with Crippen LogP contribution in [0.4, 0.5) is 0 Å². The van der Waals surface area contributed by atoms with Crippen LogP contribution in [0.2, 0.25) is 0 Å². The molecule has 1 aromatic heterocycles.